The molecule has 0 aromatic heterocycles. The van der Waals surface area contributed by atoms with Gasteiger partial charge in [-0.2, -0.15) is 0 Å². The van der Waals surface area contributed by atoms with E-state index < -0.39 is 6.04 Å². The predicted molar refractivity (Wildman–Crippen MR) is 76.1 cm³/mol. The monoisotopic (exact) mass is 263 g/mol. The quantitative estimate of drug-likeness (QED) is 0.751. The molecule has 1 rings (SSSR count). The first-order valence-corrected chi connectivity index (χ1v) is 6.38. The highest BCUT2D eigenvalue weighted by molar-refractivity contribution is 5.99. The van der Waals surface area contributed by atoms with Crippen LogP contribution in [0, 0.1) is 6.92 Å². The Morgan fingerprint density at radius 1 is 1.37 bits per heavy atom. The molecule has 0 bridgehead atoms. The minimum Gasteiger partial charge on any atom is -0.355 e. The summed E-state index contributed by atoms with van der Waals surface area (Å²) in [7, 11) is 1.57. The largest absolute Gasteiger partial charge is 0.355 e. The summed E-state index contributed by atoms with van der Waals surface area (Å²) in [5.74, 6) is -0.410. The van der Waals surface area contributed by atoms with E-state index in [4.69, 9.17) is 5.73 Å². The van der Waals surface area contributed by atoms with E-state index in [9.17, 15) is 9.59 Å². The molecular formula is C14H21N3O2. The second-order valence-corrected chi connectivity index (χ2v) is 4.49. The number of hydrogen-bond donors (Lipinski definition) is 3. The number of amides is 2. The molecule has 5 nitrogen and oxygen atoms in total. The Kier molecular flexibility index (Phi) is 5.51. The lowest BCUT2D eigenvalue weighted by Crippen LogP contribution is -2.35. The van der Waals surface area contributed by atoms with Crippen molar-refractivity contribution >= 4 is 17.5 Å². The molecule has 5 heteroatoms. The third kappa shape index (κ3) is 4.06. The molecular weight excluding hydrogens is 242 g/mol. The SMILES string of the molecule is CCCC(N)C(=O)Nc1cc(C(=O)NC)ccc1C. The van der Waals surface area contributed by atoms with Gasteiger partial charge in [-0.15, -0.1) is 0 Å². The molecule has 2 amide bonds. The van der Waals surface area contributed by atoms with E-state index >= 15 is 0 Å². The Balaban J connectivity index is 2.88. The van der Waals surface area contributed by atoms with Crippen LogP contribution in [0.4, 0.5) is 5.69 Å². The third-order valence-corrected chi connectivity index (χ3v) is 2.92. The molecule has 0 aliphatic rings. The molecule has 19 heavy (non-hydrogen) atoms. The highest BCUT2D eigenvalue weighted by Crippen LogP contribution is 2.17. The van der Waals surface area contributed by atoms with Crippen molar-refractivity contribution in [3.05, 3.63) is 29.3 Å². The van der Waals surface area contributed by atoms with Gasteiger partial charge in [-0.05, 0) is 31.0 Å². The minimum atomic E-state index is -0.520. The Labute approximate surface area is 113 Å². The zero-order valence-corrected chi connectivity index (χ0v) is 11.6. The first-order chi connectivity index (χ1) is 8.99. The molecule has 0 saturated carbocycles. The maximum atomic E-state index is 11.9. The van der Waals surface area contributed by atoms with E-state index in [-0.39, 0.29) is 11.8 Å². The third-order valence-electron chi connectivity index (χ3n) is 2.92. The van der Waals surface area contributed by atoms with Crippen LogP contribution in [0.2, 0.25) is 0 Å². The normalized spacial score (nSPS) is 11.8. The standard InChI is InChI=1S/C14H21N3O2/c1-4-5-11(15)14(19)17-12-8-10(13(18)16-3)7-6-9(12)2/h6-8,11H,4-5,15H2,1-3H3,(H,16,18)(H,17,19). The highest BCUT2D eigenvalue weighted by atomic mass is 16.2. The summed E-state index contributed by atoms with van der Waals surface area (Å²) in [6.07, 6.45) is 1.49. The Bertz CT molecular complexity index is 472. The highest BCUT2D eigenvalue weighted by Gasteiger charge is 2.14. The maximum Gasteiger partial charge on any atom is 0.251 e. The van der Waals surface area contributed by atoms with Gasteiger partial charge in [-0.3, -0.25) is 9.59 Å². The van der Waals surface area contributed by atoms with Gasteiger partial charge in [0.05, 0.1) is 6.04 Å². The van der Waals surface area contributed by atoms with Gasteiger partial charge < -0.3 is 16.4 Å². The summed E-state index contributed by atoms with van der Waals surface area (Å²) in [6.45, 7) is 3.85. The molecule has 0 saturated heterocycles. The van der Waals surface area contributed by atoms with Crippen LogP contribution in [0.3, 0.4) is 0 Å². The fourth-order valence-electron chi connectivity index (χ4n) is 1.71. The average molecular weight is 263 g/mol. The zero-order chi connectivity index (χ0) is 14.4. The number of aryl methyl sites for hydroxylation is 1. The molecule has 0 aliphatic heterocycles. The van der Waals surface area contributed by atoms with Crippen LogP contribution in [-0.4, -0.2) is 24.9 Å². The number of hydrogen-bond acceptors (Lipinski definition) is 3. The van der Waals surface area contributed by atoms with Gasteiger partial charge in [-0.25, -0.2) is 0 Å². The number of carbonyl (C=O) groups excluding carboxylic acids is 2. The van der Waals surface area contributed by atoms with E-state index in [1.165, 1.54) is 0 Å². The summed E-state index contributed by atoms with van der Waals surface area (Å²) in [6, 6.07) is 4.65. The van der Waals surface area contributed by atoms with E-state index in [0.29, 0.717) is 17.7 Å². The van der Waals surface area contributed by atoms with Crippen molar-refractivity contribution in [3.8, 4) is 0 Å². The van der Waals surface area contributed by atoms with Crippen molar-refractivity contribution in [3.63, 3.8) is 0 Å². The predicted octanol–water partition coefficient (Wildman–Crippen LogP) is 1.42. The molecule has 0 radical (unpaired) electrons. The zero-order valence-electron chi connectivity index (χ0n) is 11.6. The summed E-state index contributed by atoms with van der Waals surface area (Å²) in [4.78, 5) is 23.4. The molecule has 0 fully saturated rings. The van der Waals surface area contributed by atoms with Gasteiger partial charge in [0.1, 0.15) is 0 Å². The molecule has 1 atom stereocenters. The fraction of sp³-hybridized carbons (Fsp3) is 0.429. The fourth-order valence-corrected chi connectivity index (χ4v) is 1.71. The van der Waals surface area contributed by atoms with Crippen LogP contribution in [0.15, 0.2) is 18.2 Å². The Morgan fingerprint density at radius 2 is 2.05 bits per heavy atom. The number of rotatable bonds is 5. The van der Waals surface area contributed by atoms with Crippen molar-refractivity contribution in [1.29, 1.82) is 0 Å². The van der Waals surface area contributed by atoms with Crippen molar-refractivity contribution in [1.82, 2.24) is 5.32 Å². The van der Waals surface area contributed by atoms with Gasteiger partial charge in [0, 0.05) is 18.3 Å². The van der Waals surface area contributed by atoms with E-state index in [0.717, 1.165) is 12.0 Å². The Hall–Kier alpha value is -1.88. The molecule has 0 spiro atoms. The number of carbonyl (C=O) groups is 2. The van der Waals surface area contributed by atoms with Crippen molar-refractivity contribution in [2.45, 2.75) is 32.7 Å². The van der Waals surface area contributed by atoms with Gasteiger partial charge in [0.15, 0.2) is 0 Å². The van der Waals surface area contributed by atoms with Crippen LogP contribution in [0.1, 0.15) is 35.7 Å². The molecule has 104 valence electrons. The summed E-state index contributed by atoms with van der Waals surface area (Å²) >= 11 is 0. The van der Waals surface area contributed by atoms with Crippen molar-refractivity contribution in [2.24, 2.45) is 5.73 Å². The van der Waals surface area contributed by atoms with Crippen LogP contribution in [0.5, 0.6) is 0 Å². The van der Waals surface area contributed by atoms with Crippen LogP contribution in [0.25, 0.3) is 0 Å². The number of benzene rings is 1. The van der Waals surface area contributed by atoms with Crippen molar-refractivity contribution < 1.29 is 9.59 Å². The summed E-state index contributed by atoms with van der Waals surface area (Å²) in [5, 5.41) is 5.32. The van der Waals surface area contributed by atoms with Crippen molar-refractivity contribution in [2.75, 3.05) is 12.4 Å². The molecule has 1 aromatic rings. The first-order valence-electron chi connectivity index (χ1n) is 6.38. The summed E-state index contributed by atoms with van der Waals surface area (Å²) in [5.41, 5.74) is 7.78. The van der Waals surface area contributed by atoms with E-state index in [2.05, 4.69) is 10.6 Å². The summed E-state index contributed by atoms with van der Waals surface area (Å²) < 4.78 is 0. The van der Waals surface area contributed by atoms with Crippen LogP contribution >= 0.6 is 0 Å². The van der Waals surface area contributed by atoms with Gasteiger partial charge in [0.25, 0.3) is 5.91 Å². The smallest absolute Gasteiger partial charge is 0.251 e. The second kappa shape index (κ2) is 6.89. The second-order valence-electron chi connectivity index (χ2n) is 4.49. The van der Waals surface area contributed by atoms with E-state index in [1.807, 2.05) is 13.8 Å². The topological polar surface area (TPSA) is 84.2 Å². The molecule has 1 aromatic carbocycles. The van der Waals surface area contributed by atoms with Gasteiger partial charge in [0.2, 0.25) is 5.91 Å². The lowest BCUT2D eigenvalue weighted by molar-refractivity contribution is -0.117. The van der Waals surface area contributed by atoms with Gasteiger partial charge >= 0.3 is 0 Å². The average Bonchev–Trinajstić information content (AvgIpc) is 2.40. The molecule has 0 heterocycles. The number of nitrogens with two attached hydrogens (primary N) is 1. The van der Waals surface area contributed by atoms with Crippen LogP contribution in [-0.2, 0) is 4.79 Å². The molecule has 0 aliphatic carbocycles. The van der Waals surface area contributed by atoms with Crippen LogP contribution < -0.4 is 16.4 Å². The van der Waals surface area contributed by atoms with Gasteiger partial charge in [-0.1, -0.05) is 19.4 Å². The van der Waals surface area contributed by atoms with E-state index in [1.54, 1.807) is 25.2 Å². The Morgan fingerprint density at radius 3 is 2.63 bits per heavy atom. The minimum absolute atomic E-state index is 0.187. The number of nitrogens with one attached hydrogen (secondary N) is 2. The maximum absolute atomic E-state index is 11.9. The molecule has 1 unspecified atom stereocenters. The number of anilines is 1. The first kappa shape index (κ1) is 15.2. The lowest BCUT2D eigenvalue weighted by atomic mass is 10.1. The lowest BCUT2D eigenvalue weighted by Gasteiger charge is -2.14. The molecule has 4 N–H and O–H groups in total.